The zero-order valence-electron chi connectivity index (χ0n) is 11.2. The van der Waals surface area contributed by atoms with E-state index in [1.165, 1.54) is 5.69 Å². The van der Waals surface area contributed by atoms with Crippen molar-refractivity contribution in [2.24, 2.45) is 0 Å². The Labute approximate surface area is 108 Å². The van der Waals surface area contributed by atoms with Crippen LogP contribution in [0.2, 0.25) is 0 Å². The Morgan fingerprint density at radius 1 is 1.22 bits per heavy atom. The fraction of sp³-hybridized carbons (Fsp3) is 0.400. The molecule has 1 N–H and O–H groups in total. The fourth-order valence-electron chi connectivity index (χ4n) is 2.14. The number of nitrogens with zero attached hydrogens (tertiary/aromatic N) is 2. The maximum Gasteiger partial charge on any atom is 0.0782 e. The highest BCUT2D eigenvalue weighted by molar-refractivity contribution is 5.43. The summed E-state index contributed by atoms with van der Waals surface area (Å²) in [7, 11) is 0. The lowest BCUT2D eigenvalue weighted by atomic mass is 10.1. The molecule has 1 atom stereocenters. The second kappa shape index (κ2) is 5.36. The van der Waals surface area contributed by atoms with Gasteiger partial charge in [0.1, 0.15) is 0 Å². The SMILES string of the molecule is CCc1cc(CC)n(-c2ccccc2[C@@H](C)O)n1. The Morgan fingerprint density at radius 2 is 1.94 bits per heavy atom. The van der Waals surface area contributed by atoms with Crippen molar-refractivity contribution in [2.75, 3.05) is 0 Å². The van der Waals surface area contributed by atoms with Crippen molar-refractivity contribution in [2.45, 2.75) is 39.7 Å². The number of hydrogen-bond donors (Lipinski definition) is 1. The van der Waals surface area contributed by atoms with Crippen molar-refractivity contribution in [1.82, 2.24) is 9.78 Å². The summed E-state index contributed by atoms with van der Waals surface area (Å²) in [5, 5.41) is 14.5. The summed E-state index contributed by atoms with van der Waals surface area (Å²) in [5.74, 6) is 0. The van der Waals surface area contributed by atoms with Crippen LogP contribution < -0.4 is 0 Å². The van der Waals surface area contributed by atoms with Crippen molar-refractivity contribution in [3.8, 4) is 5.69 Å². The number of hydrogen-bond acceptors (Lipinski definition) is 2. The zero-order valence-corrected chi connectivity index (χ0v) is 11.2. The van der Waals surface area contributed by atoms with E-state index in [1.807, 2.05) is 28.9 Å². The number of aliphatic hydroxyl groups is 1. The molecule has 0 aliphatic carbocycles. The van der Waals surface area contributed by atoms with Crippen LogP contribution in [0.4, 0.5) is 0 Å². The lowest BCUT2D eigenvalue weighted by Gasteiger charge is -2.13. The smallest absolute Gasteiger partial charge is 0.0782 e. The molecule has 0 aliphatic rings. The topological polar surface area (TPSA) is 38.0 Å². The third kappa shape index (κ3) is 2.31. The summed E-state index contributed by atoms with van der Waals surface area (Å²) >= 11 is 0. The molecule has 1 heterocycles. The van der Waals surface area contributed by atoms with E-state index in [-0.39, 0.29) is 0 Å². The van der Waals surface area contributed by atoms with Crippen LogP contribution >= 0.6 is 0 Å². The van der Waals surface area contributed by atoms with Gasteiger partial charge in [0.2, 0.25) is 0 Å². The Kier molecular flexibility index (Phi) is 3.82. The molecule has 0 saturated heterocycles. The summed E-state index contributed by atoms with van der Waals surface area (Å²) in [4.78, 5) is 0. The minimum Gasteiger partial charge on any atom is -0.389 e. The molecule has 3 heteroatoms. The quantitative estimate of drug-likeness (QED) is 0.897. The molecule has 0 aliphatic heterocycles. The molecule has 1 aromatic carbocycles. The summed E-state index contributed by atoms with van der Waals surface area (Å²) in [6.45, 7) is 6.01. The first-order chi connectivity index (χ1) is 8.67. The normalized spacial score (nSPS) is 12.7. The standard InChI is InChI=1S/C15H20N2O/c1-4-12-10-13(5-2)17(16-12)15-9-7-6-8-14(15)11(3)18/h6-11,18H,4-5H2,1-3H3/t11-/m1/s1. The molecule has 1 aromatic heterocycles. The largest absolute Gasteiger partial charge is 0.389 e. The molecule has 96 valence electrons. The average molecular weight is 244 g/mol. The molecule has 2 aromatic rings. The summed E-state index contributed by atoms with van der Waals surface area (Å²) in [6.07, 6.45) is 1.37. The van der Waals surface area contributed by atoms with Gasteiger partial charge in [-0.1, -0.05) is 32.0 Å². The van der Waals surface area contributed by atoms with Crippen molar-refractivity contribution in [3.63, 3.8) is 0 Å². The van der Waals surface area contributed by atoms with Gasteiger partial charge in [0.05, 0.1) is 17.5 Å². The highest BCUT2D eigenvalue weighted by atomic mass is 16.3. The van der Waals surface area contributed by atoms with Gasteiger partial charge in [-0.2, -0.15) is 5.10 Å². The highest BCUT2D eigenvalue weighted by Crippen LogP contribution is 2.23. The minimum atomic E-state index is -0.486. The van der Waals surface area contributed by atoms with Gasteiger partial charge in [0, 0.05) is 11.3 Å². The molecule has 0 radical (unpaired) electrons. The van der Waals surface area contributed by atoms with Crippen LogP contribution in [0.15, 0.2) is 30.3 Å². The van der Waals surface area contributed by atoms with Gasteiger partial charge >= 0.3 is 0 Å². The van der Waals surface area contributed by atoms with Crippen LogP contribution in [0.5, 0.6) is 0 Å². The van der Waals surface area contributed by atoms with Crippen LogP contribution in [-0.2, 0) is 12.8 Å². The molecule has 18 heavy (non-hydrogen) atoms. The molecular formula is C15H20N2O. The molecule has 0 spiro atoms. The van der Waals surface area contributed by atoms with Gasteiger partial charge in [-0.05, 0) is 31.9 Å². The molecular weight excluding hydrogens is 224 g/mol. The summed E-state index contributed by atoms with van der Waals surface area (Å²) in [5.41, 5.74) is 4.16. The summed E-state index contributed by atoms with van der Waals surface area (Å²) in [6, 6.07) is 10.0. The molecule has 0 bridgehead atoms. The van der Waals surface area contributed by atoms with Crippen LogP contribution in [-0.4, -0.2) is 14.9 Å². The lowest BCUT2D eigenvalue weighted by molar-refractivity contribution is 0.199. The molecule has 2 rings (SSSR count). The molecule has 0 unspecified atom stereocenters. The number of aromatic nitrogens is 2. The predicted octanol–water partition coefficient (Wildman–Crippen LogP) is 3.05. The van der Waals surface area contributed by atoms with Gasteiger partial charge < -0.3 is 5.11 Å². The third-order valence-electron chi connectivity index (χ3n) is 3.17. The van der Waals surface area contributed by atoms with Crippen molar-refractivity contribution in [3.05, 3.63) is 47.3 Å². The van der Waals surface area contributed by atoms with Gasteiger partial charge in [-0.25, -0.2) is 4.68 Å². The lowest BCUT2D eigenvalue weighted by Crippen LogP contribution is -2.07. The maximum atomic E-state index is 9.85. The number of aliphatic hydroxyl groups excluding tert-OH is 1. The van der Waals surface area contributed by atoms with E-state index < -0.39 is 6.10 Å². The number of aryl methyl sites for hydroxylation is 2. The zero-order chi connectivity index (χ0) is 13.1. The highest BCUT2D eigenvalue weighted by Gasteiger charge is 2.13. The summed E-state index contributed by atoms with van der Waals surface area (Å²) < 4.78 is 1.96. The molecule has 0 amide bonds. The second-order valence-corrected chi connectivity index (χ2v) is 4.48. The third-order valence-corrected chi connectivity index (χ3v) is 3.17. The van der Waals surface area contributed by atoms with E-state index in [9.17, 15) is 5.11 Å². The first-order valence-corrected chi connectivity index (χ1v) is 6.52. The Morgan fingerprint density at radius 3 is 2.56 bits per heavy atom. The van der Waals surface area contributed by atoms with Gasteiger partial charge in [0.25, 0.3) is 0 Å². The number of para-hydroxylation sites is 1. The number of rotatable bonds is 4. The number of benzene rings is 1. The van der Waals surface area contributed by atoms with Crippen molar-refractivity contribution in [1.29, 1.82) is 0 Å². The first-order valence-electron chi connectivity index (χ1n) is 6.52. The van der Waals surface area contributed by atoms with E-state index in [2.05, 4.69) is 25.0 Å². The van der Waals surface area contributed by atoms with Gasteiger partial charge in [-0.3, -0.25) is 0 Å². The van der Waals surface area contributed by atoms with Crippen LogP contribution in [0.1, 0.15) is 43.8 Å². The molecule has 3 nitrogen and oxygen atoms in total. The van der Waals surface area contributed by atoms with E-state index in [1.54, 1.807) is 6.92 Å². The Bertz CT molecular complexity index is 529. The van der Waals surface area contributed by atoms with Crippen LogP contribution in [0, 0.1) is 0 Å². The van der Waals surface area contributed by atoms with E-state index in [4.69, 9.17) is 0 Å². The Balaban J connectivity index is 2.57. The van der Waals surface area contributed by atoms with Crippen molar-refractivity contribution >= 4 is 0 Å². The maximum absolute atomic E-state index is 9.85. The van der Waals surface area contributed by atoms with Crippen LogP contribution in [0.3, 0.4) is 0 Å². The monoisotopic (exact) mass is 244 g/mol. The van der Waals surface area contributed by atoms with E-state index >= 15 is 0 Å². The minimum absolute atomic E-state index is 0.486. The van der Waals surface area contributed by atoms with Gasteiger partial charge in [-0.15, -0.1) is 0 Å². The second-order valence-electron chi connectivity index (χ2n) is 4.48. The Hall–Kier alpha value is -1.61. The predicted molar refractivity (Wildman–Crippen MR) is 73.0 cm³/mol. The van der Waals surface area contributed by atoms with Crippen molar-refractivity contribution < 1.29 is 5.11 Å². The average Bonchev–Trinajstić information content (AvgIpc) is 2.81. The van der Waals surface area contributed by atoms with E-state index in [0.717, 1.165) is 29.8 Å². The van der Waals surface area contributed by atoms with Gasteiger partial charge in [0.15, 0.2) is 0 Å². The molecule has 0 fully saturated rings. The fourth-order valence-corrected chi connectivity index (χ4v) is 2.14. The van der Waals surface area contributed by atoms with Crippen LogP contribution in [0.25, 0.3) is 5.69 Å². The van der Waals surface area contributed by atoms with E-state index in [0.29, 0.717) is 0 Å². The molecule has 0 saturated carbocycles. The first kappa shape index (κ1) is 12.8.